The van der Waals surface area contributed by atoms with Crippen molar-refractivity contribution in [3.05, 3.63) is 54.4 Å². The van der Waals surface area contributed by atoms with Crippen molar-refractivity contribution in [1.29, 1.82) is 0 Å². The molecule has 2 rings (SSSR count). The van der Waals surface area contributed by atoms with Crippen LogP contribution in [0.25, 0.3) is 5.69 Å². The summed E-state index contributed by atoms with van der Waals surface area (Å²) in [6.07, 6.45) is 2.85. The predicted molar refractivity (Wildman–Crippen MR) is 60.6 cm³/mol. The summed E-state index contributed by atoms with van der Waals surface area (Å²) in [4.78, 5) is 10.5. The number of amides is 1. The lowest BCUT2D eigenvalue weighted by molar-refractivity contribution is 0.194. The maximum Gasteiger partial charge on any atom is 0.404 e. The molecule has 2 N–H and O–H groups in total. The van der Waals surface area contributed by atoms with Crippen molar-refractivity contribution in [3.63, 3.8) is 0 Å². The minimum absolute atomic E-state index is 0.309. The third-order valence-electron chi connectivity index (χ3n) is 2.30. The zero-order valence-electron chi connectivity index (χ0n) is 8.63. The van der Waals surface area contributed by atoms with Crippen molar-refractivity contribution in [2.75, 3.05) is 0 Å². The molecule has 4 nitrogen and oxygen atoms in total. The minimum atomic E-state index is -1.01. The van der Waals surface area contributed by atoms with E-state index in [0.717, 1.165) is 11.3 Å². The summed E-state index contributed by atoms with van der Waals surface area (Å²) in [5.41, 5.74) is 1.93. The van der Waals surface area contributed by atoms with Gasteiger partial charge in [-0.05, 0) is 23.8 Å². The molecule has 0 atom stereocenters. The highest BCUT2D eigenvalue weighted by molar-refractivity contribution is 5.64. The Morgan fingerprint density at radius 3 is 2.56 bits per heavy atom. The number of hydrogen-bond donors (Lipinski definition) is 2. The van der Waals surface area contributed by atoms with Gasteiger partial charge in [-0.3, -0.25) is 0 Å². The van der Waals surface area contributed by atoms with E-state index in [2.05, 4.69) is 5.32 Å². The molecule has 0 fully saturated rings. The number of nitrogens with zero attached hydrogens (tertiary/aromatic N) is 1. The fourth-order valence-electron chi connectivity index (χ4n) is 1.58. The number of carbonyl (C=O) groups is 1. The Balaban J connectivity index is 2.27. The summed E-state index contributed by atoms with van der Waals surface area (Å²) < 4.78 is 1.96. The largest absolute Gasteiger partial charge is 0.465 e. The molecular weight excluding hydrogens is 204 g/mol. The average molecular weight is 216 g/mol. The molecule has 1 heterocycles. The maximum absolute atomic E-state index is 10.5. The van der Waals surface area contributed by atoms with Crippen molar-refractivity contribution in [2.24, 2.45) is 0 Å². The van der Waals surface area contributed by atoms with Gasteiger partial charge in [-0.2, -0.15) is 0 Å². The number of rotatable bonds is 3. The molecule has 0 aliphatic carbocycles. The van der Waals surface area contributed by atoms with Gasteiger partial charge >= 0.3 is 6.09 Å². The van der Waals surface area contributed by atoms with Crippen LogP contribution >= 0.6 is 0 Å². The SMILES string of the molecule is O=C(O)NCc1ccccc1-n1cccc1. The van der Waals surface area contributed by atoms with Crippen molar-refractivity contribution >= 4 is 6.09 Å². The molecule has 4 heteroatoms. The van der Waals surface area contributed by atoms with E-state index >= 15 is 0 Å². The highest BCUT2D eigenvalue weighted by atomic mass is 16.4. The lowest BCUT2D eigenvalue weighted by atomic mass is 10.2. The second kappa shape index (κ2) is 4.53. The first-order valence-corrected chi connectivity index (χ1v) is 4.95. The molecule has 0 spiro atoms. The quantitative estimate of drug-likeness (QED) is 0.826. The molecule has 0 saturated carbocycles. The molecule has 1 aromatic heterocycles. The predicted octanol–water partition coefficient (Wildman–Crippen LogP) is 2.24. The Bertz CT molecular complexity index is 478. The van der Waals surface area contributed by atoms with Gasteiger partial charge in [0.15, 0.2) is 0 Å². The van der Waals surface area contributed by atoms with Gasteiger partial charge in [0.05, 0.1) is 0 Å². The minimum Gasteiger partial charge on any atom is -0.465 e. The Labute approximate surface area is 93.1 Å². The molecule has 16 heavy (non-hydrogen) atoms. The maximum atomic E-state index is 10.5. The number of nitrogens with one attached hydrogen (secondary N) is 1. The molecule has 0 saturated heterocycles. The number of aromatic nitrogens is 1. The molecule has 0 aliphatic rings. The van der Waals surface area contributed by atoms with E-state index in [1.807, 2.05) is 53.4 Å². The average Bonchev–Trinajstić information content (AvgIpc) is 2.80. The Hall–Kier alpha value is -2.23. The first-order chi connectivity index (χ1) is 7.77. The van der Waals surface area contributed by atoms with Crippen LogP contribution < -0.4 is 5.32 Å². The van der Waals surface area contributed by atoms with Crippen LogP contribution in [0.15, 0.2) is 48.8 Å². The summed E-state index contributed by atoms with van der Waals surface area (Å²) in [6, 6.07) is 11.6. The van der Waals surface area contributed by atoms with Crippen LogP contribution in [0.1, 0.15) is 5.56 Å². The molecular formula is C12H12N2O2. The lowest BCUT2D eigenvalue weighted by Crippen LogP contribution is -2.20. The number of hydrogen-bond acceptors (Lipinski definition) is 1. The van der Waals surface area contributed by atoms with Crippen LogP contribution in [-0.4, -0.2) is 15.8 Å². The molecule has 1 amide bonds. The third-order valence-corrected chi connectivity index (χ3v) is 2.30. The second-order valence-electron chi connectivity index (χ2n) is 3.38. The first-order valence-electron chi connectivity index (χ1n) is 4.95. The lowest BCUT2D eigenvalue weighted by Gasteiger charge is -2.10. The topological polar surface area (TPSA) is 54.3 Å². The van der Waals surface area contributed by atoms with Crippen LogP contribution in [0.5, 0.6) is 0 Å². The van der Waals surface area contributed by atoms with Gasteiger partial charge in [0.25, 0.3) is 0 Å². The van der Waals surface area contributed by atoms with E-state index in [1.165, 1.54) is 0 Å². The fraction of sp³-hybridized carbons (Fsp3) is 0.0833. The van der Waals surface area contributed by atoms with Crippen LogP contribution in [-0.2, 0) is 6.54 Å². The summed E-state index contributed by atoms with van der Waals surface area (Å²) >= 11 is 0. The second-order valence-corrected chi connectivity index (χ2v) is 3.38. The van der Waals surface area contributed by atoms with E-state index in [4.69, 9.17) is 5.11 Å². The van der Waals surface area contributed by atoms with Crippen LogP contribution in [0, 0.1) is 0 Å². The molecule has 2 aromatic rings. The number of benzene rings is 1. The van der Waals surface area contributed by atoms with Crippen molar-refractivity contribution < 1.29 is 9.90 Å². The Morgan fingerprint density at radius 1 is 1.19 bits per heavy atom. The van der Waals surface area contributed by atoms with E-state index in [1.54, 1.807) is 0 Å². The van der Waals surface area contributed by atoms with Gasteiger partial charge in [-0.25, -0.2) is 4.79 Å². The zero-order valence-corrected chi connectivity index (χ0v) is 8.63. The third kappa shape index (κ3) is 2.23. The first kappa shape index (κ1) is 10.3. The molecule has 0 aliphatic heterocycles. The van der Waals surface area contributed by atoms with Crippen LogP contribution in [0.4, 0.5) is 4.79 Å². The van der Waals surface area contributed by atoms with Gasteiger partial charge in [0.2, 0.25) is 0 Å². The molecule has 0 unspecified atom stereocenters. The van der Waals surface area contributed by atoms with E-state index < -0.39 is 6.09 Å². The van der Waals surface area contributed by atoms with Gasteiger partial charge in [0, 0.05) is 24.6 Å². The van der Waals surface area contributed by atoms with Crippen molar-refractivity contribution in [2.45, 2.75) is 6.54 Å². The molecule has 0 bridgehead atoms. The normalized spacial score (nSPS) is 10.0. The smallest absolute Gasteiger partial charge is 0.404 e. The number of para-hydroxylation sites is 1. The van der Waals surface area contributed by atoms with E-state index in [0.29, 0.717) is 6.54 Å². The van der Waals surface area contributed by atoms with E-state index in [-0.39, 0.29) is 0 Å². The van der Waals surface area contributed by atoms with Gasteiger partial charge in [0.1, 0.15) is 0 Å². The fourth-order valence-corrected chi connectivity index (χ4v) is 1.58. The Morgan fingerprint density at radius 2 is 1.88 bits per heavy atom. The van der Waals surface area contributed by atoms with Crippen molar-refractivity contribution in [1.82, 2.24) is 9.88 Å². The van der Waals surface area contributed by atoms with Gasteiger partial charge in [-0.15, -0.1) is 0 Å². The highest BCUT2D eigenvalue weighted by Gasteiger charge is 2.03. The highest BCUT2D eigenvalue weighted by Crippen LogP contribution is 2.14. The van der Waals surface area contributed by atoms with Crippen molar-refractivity contribution in [3.8, 4) is 5.69 Å². The van der Waals surface area contributed by atoms with E-state index in [9.17, 15) is 4.79 Å². The summed E-state index contributed by atoms with van der Waals surface area (Å²) in [7, 11) is 0. The summed E-state index contributed by atoms with van der Waals surface area (Å²) in [6.45, 7) is 0.309. The summed E-state index contributed by atoms with van der Waals surface area (Å²) in [5, 5.41) is 10.9. The summed E-state index contributed by atoms with van der Waals surface area (Å²) in [5.74, 6) is 0. The van der Waals surface area contributed by atoms with Crippen LogP contribution in [0.3, 0.4) is 0 Å². The van der Waals surface area contributed by atoms with Crippen LogP contribution in [0.2, 0.25) is 0 Å². The molecule has 0 radical (unpaired) electrons. The number of carboxylic acid groups (broad SMARTS) is 1. The van der Waals surface area contributed by atoms with Gasteiger partial charge < -0.3 is 15.0 Å². The Kier molecular flexibility index (Phi) is 2.91. The standard InChI is InChI=1S/C12H12N2O2/c15-12(16)13-9-10-5-1-2-6-11(10)14-7-3-4-8-14/h1-8,13H,9H2,(H,15,16). The van der Waals surface area contributed by atoms with Gasteiger partial charge in [-0.1, -0.05) is 18.2 Å². The molecule has 1 aromatic carbocycles. The monoisotopic (exact) mass is 216 g/mol. The zero-order chi connectivity index (χ0) is 11.4. The molecule has 82 valence electrons.